The molecule has 2 heterocycles. The number of rotatable bonds is 3. The van der Waals surface area contributed by atoms with Crippen LogP contribution in [-0.4, -0.2) is 19.9 Å². The van der Waals surface area contributed by atoms with Crippen molar-refractivity contribution in [3.05, 3.63) is 28.3 Å². The van der Waals surface area contributed by atoms with E-state index in [1.165, 1.54) is 6.07 Å². The van der Waals surface area contributed by atoms with Crippen molar-refractivity contribution in [2.45, 2.75) is 16.4 Å². The van der Waals surface area contributed by atoms with E-state index in [2.05, 4.69) is 19.9 Å². The van der Waals surface area contributed by atoms with E-state index in [0.717, 1.165) is 6.07 Å². The van der Waals surface area contributed by atoms with Crippen LogP contribution in [0.25, 0.3) is 0 Å². The summed E-state index contributed by atoms with van der Waals surface area (Å²) >= 11 is 0.682. The van der Waals surface area contributed by atoms with Gasteiger partial charge in [-0.25, -0.2) is 20.8 Å². The standard InChI is InChI=1S/C9H8F3N7OS/c10-9(11,12)7-16-4(19-14)2-6(18-7)21-8-15-3(13)1-5(20)17-8/h1-2H,14H2,(H,16,18,19)(H3,13,15,17,20). The molecule has 0 atom stereocenters. The van der Waals surface area contributed by atoms with Crippen LogP contribution in [0.5, 0.6) is 0 Å². The zero-order valence-electron chi connectivity index (χ0n) is 10.1. The van der Waals surface area contributed by atoms with Crippen molar-refractivity contribution in [3.8, 4) is 0 Å². The summed E-state index contributed by atoms with van der Waals surface area (Å²) in [5.74, 6) is 3.40. The van der Waals surface area contributed by atoms with E-state index in [1.54, 1.807) is 0 Å². The molecule has 21 heavy (non-hydrogen) atoms. The Morgan fingerprint density at radius 2 is 1.95 bits per heavy atom. The summed E-state index contributed by atoms with van der Waals surface area (Å²) in [6.45, 7) is 0. The zero-order chi connectivity index (χ0) is 15.6. The normalized spacial score (nSPS) is 11.4. The van der Waals surface area contributed by atoms with E-state index in [9.17, 15) is 18.0 Å². The number of halogens is 3. The van der Waals surface area contributed by atoms with Crippen LogP contribution in [0.1, 0.15) is 5.82 Å². The average Bonchev–Trinajstić information content (AvgIpc) is 2.36. The Labute approximate surface area is 119 Å². The van der Waals surface area contributed by atoms with Gasteiger partial charge in [-0.2, -0.15) is 13.2 Å². The number of hydrazine groups is 1. The van der Waals surface area contributed by atoms with Gasteiger partial charge in [0.15, 0.2) is 5.16 Å². The third-order valence-electron chi connectivity index (χ3n) is 2.05. The van der Waals surface area contributed by atoms with Crippen molar-refractivity contribution in [2.24, 2.45) is 5.84 Å². The molecular weight excluding hydrogens is 311 g/mol. The quantitative estimate of drug-likeness (QED) is 0.279. The second kappa shape index (κ2) is 5.57. The fraction of sp³-hybridized carbons (Fsp3) is 0.111. The number of nitrogens with two attached hydrogens (primary N) is 2. The lowest BCUT2D eigenvalue weighted by Gasteiger charge is -2.09. The monoisotopic (exact) mass is 319 g/mol. The van der Waals surface area contributed by atoms with Gasteiger partial charge in [-0.15, -0.1) is 0 Å². The van der Waals surface area contributed by atoms with Gasteiger partial charge >= 0.3 is 6.18 Å². The number of hydrogen-bond donors (Lipinski definition) is 4. The van der Waals surface area contributed by atoms with Gasteiger partial charge in [0.1, 0.15) is 16.7 Å². The van der Waals surface area contributed by atoms with Crippen LogP contribution < -0.4 is 22.6 Å². The lowest BCUT2D eigenvalue weighted by molar-refractivity contribution is -0.145. The molecule has 2 rings (SSSR count). The second-order valence-electron chi connectivity index (χ2n) is 3.63. The van der Waals surface area contributed by atoms with Gasteiger partial charge in [-0.1, -0.05) is 0 Å². The molecule has 0 aliphatic heterocycles. The Bertz CT molecular complexity index is 717. The first-order valence-corrected chi connectivity index (χ1v) is 6.07. The van der Waals surface area contributed by atoms with Gasteiger partial charge in [-0.05, 0) is 11.8 Å². The Hall–Kier alpha value is -2.34. The van der Waals surface area contributed by atoms with Crippen LogP contribution in [0.2, 0.25) is 0 Å². The van der Waals surface area contributed by atoms with E-state index in [0.29, 0.717) is 11.8 Å². The first-order valence-electron chi connectivity index (χ1n) is 5.25. The predicted molar refractivity (Wildman–Crippen MR) is 68.2 cm³/mol. The molecule has 112 valence electrons. The van der Waals surface area contributed by atoms with Gasteiger partial charge in [0.05, 0.1) is 0 Å². The number of H-pyrrole nitrogens is 1. The molecule has 0 aliphatic carbocycles. The molecule has 0 saturated carbocycles. The molecule has 0 bridgehead atoms. The number of anilines is 2. The summed E-state index contributed by atoms with van der Waals surface area (Å²) in [5, 5.41) is -0.117. The summed E-state index contributed by atoms with van der Waals surface area (Å²) in [4.78, 5) is 23.8. The molecule has 0 spiro atoms. The van der Waals surface area contributed by atoms with Gasteiger partial charge in [0.2, 0.25) is 5.82 Å². The molecular formula is C9H8F3N7OS. The highest BCUT2D eigenvalue weighted by atomic mass is 32.2. The number of nitrogens with one attached hydrogen (secondary N) is 2. The predicted octanol–water partition coefficient (Wildman–Crippen LogP) is 0.598. The number of aromatic nitrogens is 4. The lowest BCUT2D eigenvalue weighted by Crippen LogP contribution is -2.16. The molecule has 0 fully saturated rings. The van der Waals surface area contributed by atoms with Crippen LogP contribution in [0.3, 0.4) is 0 Å². The minimum absolute atomic E-state index is 0.00482. The van der Waals surface area contributed by atoms with E-state index < -0.39 is 17.6 Å². The zero-order valence-corrected chi connectivity index (χ0v) is 10.9. The van der Waals surface area contributed by atoms with Crippen molar-refractivity contribution in [1.82, 2.24) is 19.9 Å². The molecule has 2 aromatic rings. The molecule has 0 radical (unpaired) electrons. The maximum Gasteiger partial charge on any atom is 0.451 e. The third-order valence-corrected chi connectivity index (χ3v) is 2.85. The largest absolute Gasteiger partial charge is 0.451 e. The van der Waals surface area contributed by atoms with Crippen molar-refractivity contribution < 1.29 is 13.2 Å². The summed E-state index contributed by atoms with van der Waals surface area (Å²) in [5.41, 5.74) is 6.85. The first-order chi connectivity index (χ1) is 9.77. The van der Waals surface area contributed by atoms with Crippen LogP contribution in [0, 0.1) is 0 Å². The highest BCUT2D eigenvalue weighted by molar-refractivity contribution is 7.99. The van der Waals surface area contributed by atoms with Gasteiger partial charge < -0.3 is 16.1 Å². The average molecular weight is 319 g/mol. The number of aromatic amines is 1. The second-order valence-corrected chi connectivity index (χ2v) is 4.64. The number of nitrogen functional groups attached to an aromatic ring is 2. The number of hydrogen-bond acceptors (Lipinski definition) is 8. The SMILES string of the molecule is NNc1cc(Sc2nc(N)cc(=O)[nH]2)nc(C(F)(F)F)n1. The van der Waals surface area contributed by atoms with Crippen molar-refractivity contribution in [1.29, 1.82) is 0 Å². The van der Waals surface area contributed by atoms with Gasteiger partial charge in [0, 0.05) is 12.1 Å². The van der Waals surface area contributed by atoms with Crippen molar-refractivity contribution in [3.63, 3.8) is 0 Å². The fourth-order valence-corrected chi connectivity index (χ4v) is 2.08. The Kier molecular flexibility index (Phi) is 3.99. The van der Waals surface area contributed by atoms with Crippen LogP contribution in [-0.2, 0) is 6.18 Å². The summed E-state index contributed by atoms with van der Waals surface area (Å²) in [7, 11) is 0. The Morgan fingerprint density at radius 3 is 2.52 bits per heavy atom. The van der Waals surface area contributed by atoms with E-state index in [4.69, 9.17) is 11.6 Å². The minimum Gasteiger partial charge on any atom is -0.383 e. The molecule has 12 heteroatoms. The smallest absolute Gasteiger partial charge is 0.383 e. The molecule has 0 aromatic carbocycles. The number of alkyl halides is 3. The molecule has 2 aromatic heterocycles. The van der Waals surface area contributed by atoms with Gasteiger partial charge in [0.25, 0.3) is 5.56 Å². The van der Waals surface area contributed by atoms with E-state index >= 15 is 0 Å². The number of nitrogens with zero attached hydrogens (tertiary/aromatic N) is 3. The molecule has 6 N–H and O–H groups in total. The highest BCUT2D eigenvalue weighted by Gasteiger charge is 2.35. The van der Waals surface area contributed by atoms with Crippen molar-refractivity contribution >= 4 is 23.4 Å². The molecule has 0 aliphatic rings. The summed E-state index contributed by atoms with van der Waals surface area (Å²) in [6, 6.07) is 2.21. The third kappa shape index (κ3) is 3.82. The van der Waals surface area contributed by atoms with Crippen LogP contribution in [0.4, 0.5) is 24.8 Å². The Balaban J connectivity index is 2.41. The Morgan fingerprint density at radius 1 is 1.24 bits per heavy atom. The van der Waals surface area contributed by atoms with Gasteiger partial charge in [-0.3, -0.25) is 4.79 Å². The van der Waals surface area contributed by atoms with E-state index in [-0.39, 0.29) is 21.8 Å². The van der Waals surface area contributed by atoms with E-state index in [1.807, 2.05) is 5.43 Å². The first kappa shape index (κ1) is 15.1. The maximum atomic E-state index is 12.7. The molecule has 8 nitrogen and oxygen atoms in total. The fourth-order valence-electron chi connectivity index (χ4n) is 1.28. The van der Waals surface area contributed by atoms with Crippen molar-refractivity contribution in [2.75, 3.05) is 11.2 Å². The minimum atomic E-state index is -4.74. The lowest BCUT2D eigenvalue weighted by atomic mass is 10.5. The van der Waals surface area contributed by atoms with Crippen LogP contribution >= 0.6 is 11.8 Å². The molecule has 0 unspecified atom stereocenters. The highest BCUT2D eigenvalue weighted by Crippen LogP contribution is 2.30. The molecule has 0 saturated heterocycles. The molecule has 0 amide bonds. The van der Waals surface area contributed by atoms with Crippen LogP contribution in [0.15, 0.2) is 27.1 Å². The maximum absolute atomic E-state index is 12.7. The summed E-state index contributed by atoms with van der Waals surface area (Å²) in [6.07, 6.45) is -4.74. The topological polar surface area (TPSA) is 136 Å². The summed E-state index contributed by atoms with van der Waals surface area (Å²) < 4.78 is 38.0.